The highest BCUT2D eigenvalue weighted by Crippen LogP contribution is 2.49. The van der Waals surface area contributed by atoms with E-state index in [1.807, 2.05) is 0 Å². The molecule has 0 saturated carbocycles. The Bertz CT molecular complexity index is 813. The van der Waals surface area contributed by atoms with Crippen molar-refractivity contribution >= 4 is 18.5 Å². The zero-order chi connectivity index (χ0) is 17.9. The molecule has 1 saturated heterocycles. The summed E-state index contributed by atoms with van der Waals surface area (Å²) < 4.78 is 6.05. The molecule has 1 fully saturated rings. The van der Waals surface area contributed by atoms with Gasteiger partial charge in [-0.1, -0.05) is 86.7 Å². The Morgan fingerprint density at radius 1 is 0.962 bits per heavy atom. The molecule has 0 bridgehead atoms. The summed E-state index contributed by atoms with van der Waals surface area (Å²) in [4.78, 5) is 0. The lowest BCUT2D eigenvalue weighted by molar-refractivity contribution is 0.242. The molecule has 2 aliphatic rings. The quantitative estimate of drug-likeness (QED) is 0.814. The SMILES string of the molecule is CC(C)[C@@H]1CO/C(=C2\C=CC=C2P(c2ccccc2)c2ccccc2)N1. The van der Waals surface area contributed by atoms with Crippen molar-refractivity contribution in [2.75, 3.05) is 6.61 Å². The van der Waals surface area contributed by atoms with Gasteiger partial charge in [-0.15, -0.1) is 0 Å². The Morgan fingerprint density at radius 2 is 1.58 bits per heavy atom. The van der Waals surface area contributed by atoms with Gasteiger partial charge in [0, 0.05) is 5.57 Å². The van der Waals surface area contributed by atoms with E-state index < -0.39 is 7.92 Å². The molecule has 4 rings (SSSR count). The predicted molar refractivity (Wildman–Crippen MR) is 111 cm³/mol. The van der Waals surface area contributed by atoms with Gasteiger partial charge in [0.15, 0.2) is 5.88 Å². The number of benzene rings is 2. The third-order valence-corrected chi connectivity index (χ3v) is 7.34. The smallest absolute Gasteiger partial charge is 0.195 e. The second kappa shape index (κ2) is 7.51. The lowest BCUT2D eigenvalue weighted by Crippen LogP contribution is -2.28. The van der Waals surface area contributed by atoms with Crippen LogP contribution in [0.15, 0.2) is 95.7 Å². The first-order valence-electron chi connectivity index (χ1n) is 9.16. The van der Waals surface area contributed by atoms with Crippen LogP contribution in [0, 0.1) is 5.92 Å². The average Bonchev–Trinajstić information content (AvgIpc) is 3.33. The molecule has 0 amide bonds. The van der Waals surface area contributed by atoms with Crippen LogP contribution < -0.4 is 15.9 Å². The molecule has 1 aliphatic carbocycles. The van der Waals surface area contributed by atoms with E-state index in [0.29, 0.717) is 12.0 Å². The van der Waals surface area contributed by atoms with Crippen LogP contribution in [0.25, 0.3) is 0 Å². The maximum atomic E-state index is 6.05. The zero-order valence-corrected chi connectivity index (χ0v) is 16.1. The summed E-state index contributed by atoms with van der Waals surface area (Å²) >= 11 is 0. The largest absolute Gasteiger partial charge is 0.477 e. The van der Waals surface area contributed by atoms with Gasteiger partial charge in [-0.3, -0.25) is 0 Å². The van der Waals surface area contributed by atoms with Crippen molar-refractivity contribution in [3.05, 3.63) is 95.7 Å². The maximum Gasteiger partial charge on any atom is 0.195 e. The summed E-state index contributed by atoms with van der Waals surface area (Å²) in [6.07, 6.45) is 6.58. The van der Waals surface area contributed by atoms with Crippen LogP contribution >= 0.6 is 7.92 Å². The van der Waals surface area contributed by atoms with Gasteiger partial charge >= 0.3 is 0 Å². The second-order valence-electron chi connectivity index (χ2n) is 6.97. The van der Waals surface area contributed by atoms with Gasteiger partial charge in [0.25, 0.3) is 0 Å². The molecule has 0 radical (unpaired) electrons. The fourth-order valence-corrected chi connectivity index (χ4v) is 5.77. The van der Waals surface area contributed by atoms with Gasteiger partial charge in [-0.05, 0) is 35.8 Å². The Morgan fingerprint density at radius 3 is 2.12 bits per heavy atom. The monoisotopic (exact) mass is 361 g/mol. The van der Waals surface area contributed by atoms with E-state index >= 15 is 0 Å². The van der Waals surface area contributed by atoms with Crippen LogP contribution in [0.3, 0.4) is 0 Å². The van der Waals surface area contributed by atoms with Crippen LogP contribution in [0.1, 0.15) is 13.8 Å². The highest BCUT2D eigenvalue weighted by atomic mass is 31.1. The summed E-state index contributed by atoms with van der Waals surface area (Å²) in [6, 6.07) is 22.0. The van der Waals surface area contributed by atoms with E-state index in [9.17, 15) is 0 Å². The van der Waals surface area contributed by atoms with E-state index in [0.717, 1.165) is 12.5 Å². The second-order valence-corrected chi connectivity index (χ2v) is 9.15. The first-order chi connectivity index (χ1) is 12.7. The molecular weight excluding hydrogens is 337 g/mol. The number of hydrogen-bond donors (Lipinski definition) is 1. The molecule has 0 spiro atoms. The standard InChI is InChI=1S/C23H24NOP/c1-17(2)21-16-25-23(24-21)20-14-9-15-22(20)26(18-10-5-3-6-11-18)19-12-7-4-8-13-19/h3-15,17,21,24H,16H2,1-2H3/b23-20+/t21-/m0/s1. The molecule has 132 valence electrons. The molecule has 3 heteroatoms. The summed E-state index contributed by atoms with van der Waals surface area (Å²) in [5.74, 6) is 1.48. The highest BCUT2D eigenvalue weighted by Gasteiger charge is 2.30. The summed E-state index contributed by atoms with van der Waals surface area (Å²) in [5, 5.41) is 7.67. The predicted octanol–water partition coefficient (Wildman–Crippen LogP) is 4.43. The number of allylic oxidation sites excluding steroid dienone is 5. The normalized spacial score (nSPS) is 21.8. The van der Waals surface area contributed by atoms with Crippen molar-refractivity contribution in [2.45, 2.75) is 19.9 Å². The fourth-order valence-electron chi connectivity index (χ4n) is 3.32. The molecule has 0 aromatic heterocycles. The number of hydrogen-bond acceptors (Lipinski definition) is 2. The van der Waals surface area contributed by atoms with Crippen LogP contribution in [0.4, 0.5) is 0 Å². The Kier molecular flexibility index (Phi) is 4.95. The first kappa shape index (κ1) is 17.1. The molecule has 1 atom stereocenters. The minimum atomic E-state index is -0.616. The van der Waals surface area contributed by atoms with E-state index in [1.165, 1.54) is 21.5 Å². The summed E-state index contributed by atoms with van der Waals surface area (Å²) in [7, 11) is -0.616. The molecule has 1 aliphatic heterocycles. The van der Waals surface area contributed by atoms with E-state index in [2.05, 4.69) is 98.1 Å². The van der Waals surface area contributed by atoms with Gasteiger partial charge in [0.05, 0.1) is 6.04 Å². The fraction of sp³-hybridized carbons (Fsp3) is 0.217. The first-order valence-corrected chi connectivity index (χ1v) is 10.5. The van der Waals surface area contributed by atoms with Crippen LogP contribution in [-0.4, -0.2) is 12.6 Å². The molecular formula is C23H24NOP. The van der Waals surface area contributed by atoms with Gasteiger partial charge < -0.3 is 10.1 Å². The maximum absolute atomic E-state index is 6.05. The van der Waals surface area contributed by atoms with Crippen molar-refractivity contribution in [1.29, 1.82) is 0 Å². The van der Waals surface area contributed by atoms with E-state index in [-0.39, 0.29) is 0 Å². The van der Waals surface area contributed by atoms with Crippen LogP contribution in [0.5, 0.6) is 0 Å². The average molecular weight is 361 g/mol. The van der Waals surface area contributed by atoms with Gasteiger partial charge in [-0.25, -0.2) is 0 Å². The van der Waals surface area contributed by atoms with Gasteiger partial charge in [0.1, 0.15) is 6.61 Å². The van der Waals surface area contributed by atoms with Crippen LogP contribution in [-0.2, 0) is 4.74 Å². The lowest BCUT2D eigenvalue weighted by atomic mass is 10.1. The topological polar surface area (TPSA) is 21.3 Å². The summed E-state index contributed by atoms with van der Waals surface area (Å²) in [6.45, 7) is 5.21. The Labute approximate surface area is 157 Å². The van der Waals surface area contributed by atoms with Crippen molar-refractivity contribution in [2.24, 2.45) is 5.92 Å². The zero-order valence-electron chi connectivity index (χ0n) is 15.2. The number of rotatable bonds is 4. The minimum Gasteiger partial charge on any atom is -0.477 e. The van der Waals surface area contributed by atoms with Crippen LogP contribution in [0.2, 0.25) is 0 Å². The van der Waals surface area contributed by atoms with Crippen molar-refractivity contribution in [3.63, 3.8) is 0 Å². The number of nitrogens with one attached hydrogen (secondary N) is 1. The third-order valence-electron chi connectivity index (χ3n) is 4.84. The minimum absolute atomic E-state index is 0.382. The third kappa shape index (κ3) is 3.34. The Balaban J connectivity index is 1.75. The molecule has 1 heterocycles. The Hall–Kier alpha value is -2.31. The molecule has 2 aromatic carbocycles. The summed E-state index contributed by atoms with van der Waals surface area (Å²) in [5.41, 5.74) is 1.20. The molecule has 26 heavy (non-hydrogen) atoms. The highest BCUT2D eigenvalue weighted by molar-refractivity contribution is 7.77. The number of ether oxygens (including phenoxy) is 1. The van der Waals surface area contributed by atoms with Crippen molar-refractivity contribution < 1.29 is 4.74 Å². The molecule has 0 unspecified atom stereocenters. The van der Waals surface area contributed by atoms with Crippen molar-refractivity contribution in [3.8, 4) is 0 Å². The van der Waals surface area contributed by atoms with Gasteiger partial charge in [-0.2, -0.15) is 0 Å². The van der Waals surface area contributed by atoms with E-state index in [1.54, 1.807) is 0 Å². The van der Waals surface area contributed by atoms with Gasteiger partial charge in [0.2, 0.25) is 0 Å². The van der Waals surface area contributed by atoms with Crippen molar-refractivity contribution in [1.82, 2.24) is 5.32 Å². The molecule has 2 nitrogen and oxygen atoms in total. The lowest BCUT2D eigenvalue weighted by Gasteiger charge is -2.22. The van der Waals surface area contributed by atoms with E-state index in [4.69, 9.17) is 4.74 Å². The molecule has 2 aromatic rings. The molecule has 1 N–H and O–H groups in total.